The van der Waals surface area contributed by atoms with E-state index in [2.05, 4.69) is 25.3 Å². The SMILES string of the molecule is O=C(O)CCc1cc(-c2cccc(Nc3nccc(C(F)(F)F)n3)c2)ncn1. The van der Waals surface area contributed by atoms with E-state index in [1.165, 1.54) is 6.33 Å². The molecule has 0 aliphatic rings. The average Bonchev–Trinajstić information content (AvgIpc) is 2.66. The Morgan fingerprint density at radius 1 is 1.11 bits per heavy atom. The van der Waals surface area contributed by atoms with Gasteiger partial charge in [-0.15, -0.1) is 0 Å². The maximum atomic E-state index is 12.8. The maximum absolute atomic E-state index is 12.8. The summed E-state index contributed by atoms with van der Waals surface area (Å²) in [6, 6.07) is 9.25. The van der Waals surface area contributed by atoms with E-state index < -0.39 is 17.8 Å². The van der Waals surface area contributed by atoms with Crippen molar-refractivity contribution in [2.24, 2.45) is 0 Å². The predicted molar refractivity (Wildman–Crippen MR) is 93.7 cm³/mol. The minimum absolute atomic E-state index is 0.0507. The first-order valence-electron chi connectivity index (χ1n) is 8.12. The molecule has 0 aliphatic heterocycles. The average molecular weight is 389 g/mol. The molecule has 2 N–H and O–H groups in total. The Bertz CT molecular complexity index is 995. The Morgan fingerprint density at radius 3 is 2.68 bits per heavy atom. The van der Waals surface area contributed by atoms with Crippen LogP contribution in [0.5, 0.6) is 0 Å². The Hall–Kier alpha value is -3.56. The molecule has 28 heavy (non-hydrogen) atoms. The van der Waals surface area contributed by atoms with E-state index in [-0.39, 0.29) is 18.8 Å². The van der Waals surface area contributed by atoms with Crippen LogP contribution in [-0.4, -0.2) is 31.0 Å². The lowest BCUT2D eigenvalue weighted by Crippen LogP contribution is -2.10. The zero-order chi connectivity index (χ0) is 20.1. The molecule has 0 spiro atoms. The molecule has 0 amide bonds. The van der Waals surface area contributed by atoms with E-state index in [0.717, 1.165) is 12.3 Å². The summed E-state index contributed by atoms with van der Waals surface area (Å²) in [4.78, 5) is 26.2. The third kappa shape index (κ3) is 5.00. The highest BCUT2D eigenvalue weighted by atomic mass is 19.4. The van der Waals surface area contributed by atoms with Gasteiger partial charge in [0.2, 0.25) is 5.95 Å². The van der Waals surface area contributed by atoms with E-state index in [1.54, 1.807) is 30.3 Å². The van der Waals surface area contributed by atoms with Crippen molar-refractivity contribution in [2.75, 3.05) is 5.32 Å². The van der Waals surface area contributed by atoms with Gasteiger partial charge in [0.1, 0.15) is 12.0 Å². The standard InChI is InChI=1S/C18H14F3N5O2/c19-18(20,21)15-6-7-22-17(26-15)25-13-3-1-2-11(8-13)14-9-12(23-10-24-14)4-5-16(27)28/h1-3,6-10H,4-5H2,(H,27,28)(H,22,25,26). The molecule has 0 saturated heterocycles. The number of nitrogens with one attached hydrogen (secondary N) is 1. The summed E-state index contributed by atoms with van der Waals surface area (Å²) in [7, 11) is 0. The van der Waals surface area contributed by atoms with Gasteiger partial charge in [-0.3, -0.25) is 4.79 Å². The van der Waals surface area contributed by atoms with Gasteiger partial charge < -0.3 is 10.4 Å². The second kappa shape index (κ2) is 7.99. The molecule has 1 aromatic carbocycles. The van der Waals surface area contributed by atoms with Gasteiger partial charge in [-0.25, -0.2) is 19.9 Å². The monoisotopic (exact) mass is 389 g/mol. The fourth-order valence-electron chi connectivity index (χ4n) is 2.39. The van der Waals surface area contributed by atoms with Crippen LogP contribution in [0.15, 0.2) is 48.9 Å². The van der Waals surface area contributed by atoms with Crippen molar-refractivity contribution < 1.29 is 23.1 Å². The topological polar surface area (TPSA) is 101 Å². The number of alkyl halides is 3. The van der Waals surface area contributed by atoms with E-state index in [1.807, 2.05) is 0 Å². The highest BCUT2D eigenvalue weighted by molar-refractivity contribution is 5.68. The molecule has 0 radical (unpaired) electrons. The quantitative estimate of drug-likeness (QED) is 0.663. The second-order valence-corrected chi connectivity index (χ2v) is 5.76. The summed E-state index contributed by atoms with van der Waals surface area (Å²) in [5.41, 5.74) is 1.24. The van der Waals surface area contributed by atoms with E-state index in [0.29, 0.717) is 22.6 Å². The molecule has 3 rings (SSSR count). The van der Waals surface area contributed by atoms with E-state index >= 15 is 0 Å². The number of hydrogen-bond acceptors (Lipinski definition) is 6. The van der Waals surface area contributed by atoms with Crippen LogP contribution in [0, 0.1) is 0 Å². The Balaban J connectivity index is 1.81. The molecule has 0 atom stereocenters. The molecule has 2 aromatic heterocycles. The number of carboxylic acid groups (broad SMARTS) is 1. The fourth-order valence-corrected chi connectivity index (χ4v) is 2.39. The smallest absolute Gasteiger partial charge is 0.433 e. The van der Waals surface area contributed by atoms with E-state index in [4.69, 9.17) is 5.11 Å². The summed E-state index contributed by atoms with van der Waals surface area (Å²) in [5, 5.41) is 11.5. The number of rotatable bonds is 6. The molecule has 10 heteroatoms. The van der Waals surface area contributed by atoms with Crippen LogP contribution in [0.25, 0.3) is 11.3 Å². The molecule has 0 unspecified atom stereocenters. The summed E-state index contributed by atoms with van der Waals surface area (Å²) in [5.74, 6) is -1.11. The largest absolute Gasteiger partial charge is 0.481 e. The molecule has 0 saturated carbocycles. The van der Waals surface area contributed by atoms with Crippen molar-refractivity contribution in [2.45, 2.75) is 19.0 Å². The second-order valence-electron chi connectivity index (χ2n) is 5.76. The number of nitrogens with zero attached hydrogens (tertiary/aromatic N) is 4. The van der Waals surface area contributed by atoms with Gasteiger partial charge in [0.05, 0.1) is 12.1 Å². The van der Waals surface area contributed by atoms with Crippen molar-refractivity contribution in [3.63, 3.8) is 0 Å². The summed E-state index contributed by atoms with van der Waals surface area (Å²) in [6.45, 7) is 0. The van der Waals surface area contributed by atoms with Gasteiger partial charge in [0, 0.05) is 29.6 Å². The molecule has 0 fully saturated rings. The van der Waals surface area contributed by atoms with E-state index in [9.17, 15) is 18.0 Å². The van der Waals surface area contributed by atoms with Crippen LogP contribution in [-0.2, 0) is 17.4 Å². The minimum Gasteiger partial charge on any atom is -0.481 e. The number of hydrogen-bond donors (Lipinski definition) is 2. The predicted octanol–water partition coefficient (Wildman–Crippen LogP) is 3.71. The summed E-state index contributed by atoms with van der Waals surface area (Å²) in [6.07, 6.45) is -1.98. The van der Waals surface area contributed by atoms with Crippen LogP contribution in [0.2, 0.25) is 0 Å². The van der Waals surface area contributed by atoms with Crippen molar-refractivity contribution >= 4 is 17.6 Å². The Morgan fingerprint density at radius 2 is 1.93 bits per heavy atom. The number of halogens is 3. The molecule has 0 aliphatic carbocycles. The summed E-state index contributed by atoms with van der Waals surface area (Å²) < 4.78 is 38.3. The minimum atomic E-state index is -4.56. The van der Waals surface area contributed by atoms with Crippen molar-refractivity contribution in [3.05, 3.63) is 60.3 Å². The van der Waals surface area contributed by atoms with Crippen molar-refractivity contribution in [3.8, 4) is 11.3 Å². The van der Waals surface area contributed by atoms with Gasteiger partial charge in [-0.05, 0) is 24.3 Å². The van der Waals surface area contributed by atoms with Crippen LogP contribution in [0.3, 0.4) is 0 Å². The third-order valence-electron chi connectivity index (χ3n) is 3.68. The number of benzene rings is 1. The lowest BCUT2D eigenvalue weighted by atomic mass is 10.1. The van der Waals surface area contributed by atoms with Crippen molar-refractivity contribution in [1.29, 1.82) is 0 Å². The number of aryl methyl sites for hydroxylation is 1. The molecule has 2 heterocycles. The Labute approximate surface area is 157 Å². The zero-order valence-corrected chi connectivity index (χ0v) is 14.3. The molecule has 3 aromatic rings. The first-order chi connectivity index (χ1) is 13.3. The fraction of sp³-hybridized carbons (Fsp3) is 0.167. The van der Waals surface area contributed by atoms with Gasteiger partial charge in [-0.2, -0.15) is 13.2 Å². The lowest BCUT2D eigenvalue weighted by Gasteiger charge is -2.10. The van der Waals surface area contributed by atoms with Crippen LogP contribution < -0.4 is 5.32 Å². The van der Waals surface area contributed by atoms with Crippen LogP contribution in [0.1, 0.15) is 17.8 Å². The van der Waals surface area contributed by atoms with Gasteiger partial charge >= 0.3 is 12.1 Å². The Kier molecular flexibility index (Phi) is 5.48. The first kappa shape index (κ1) is 19.2. The molecule has 144 valence electrons. The van der Waals surface area contributed by atoms with Gasteiger partial charge in [0.25, 0.3) is 0 Å². The number of aromatic nitrogens is 4. The molecule has 0 bridgehead atoms. The molecule has 7 nitrogen and oxygen atoms in total. The first-order valence-corrected chi connectivity index (χ1v) is 8.12. The molecular weight excluding hydrogens is 375 g/mol. The highest BCUT2D eigenvalue weighted by Crippen LogP contribution is 2.28. The molecular formula is C18H14F3N5O2. The normalized spacial score (nSPS) is 11.2. The number of carbonyl (C=O) groups is 1. The highest BCUT2D eigenvalue weighted by Gasteiger charge is 2.32. The van der Waals surface area contributed by atoms with Gasteiger partial charge in [-0.1, -0.05) is 12.1 Å². The number of anilines is 2. The van der Waals surface area contributed by atoms with Crippen LogP contribution in [0.4, 0.5) is 24.8 Å². The van der Waals surface area contributed by atoms with Crippen LogP contribution >= 0.6 is 0 Å². The zero-order valence-electron chi connectivity index (χ0n) is 14.3. The van der Waals surface area contributed by atoms with Crippen molar-refractivity contribution in [1.82, 2.24) is 19.9 Å². The lowest BCUT2D eigenvalue weighted by molar-refractivity contribution is -0.141. The maximum Gasteiger partial charge on any atom is 0.433 e. The number of carboxylic acids is 1. The third-order valence-corrected chi connectivity index (χ3v) is 3.68. The number of aliphatic carboxylic acids is 1. The van der Waals surface area contributed by atoms with Gasteiger partial charge in [0.15, 0.2) is 0 Å². The summed E-state index contributed by atoms with van der Waals surface area (Å²) >= 11 is 0.